The molecule has 4 heteroatoms. The Morgan fingerprint density at radius 2 is 2.25 bits per heavy atom. The van der Waals surface area contributed by atoms with Crippen molar-refractivity contribution in [1.29, 1.82) is 0 Å². The Labute approximate surface area is 121 Å². The Bertz CT molecular complexity index is 459. The molecule has 1 N–H and O–H groups in total. The van der Waals surface area contributed by atoms with Crippen LogP contribution in [0.3, 0.4) is 0 Å². The quantitative estimate of drug-likeness (QED) is 0.893. The highest BCUT2D eigenvalue weighted by molar-refractivity contribution is 5.43. The van der Waals surface area contributed by atoms with E-state index in [2.05, 4.69) is 36.2 Å². The van der Waals surface area contributed by atoms with Crippen LogP contribution in [-0.2, 0) is 17.7 Å². The minimum absolute atomic E-state index is 0.295. The van der Waals surface area contributed by atoms with Crippen molar-refractivity contribution in [1.82, 2.24) is 10.3 Å². The third-order valence-electron chi connectivity index (χ3n) is 4.02. The first-order chi connectivity index (χ1) is 9.74. The summed E-state index contributed by atoms with van der Waals surface area (Å²) in [6.07, 6.45) is 3.95. The summed E-state index contributed by atoms with van der Waals surface area (Å²) >= 11 is 0. The summed E-state index contributed by atoms with van der Waals surface area (Å²) in [5.74, 6) is 1.12. The maximum atomic E-state index is 5.62. The van der Waals surface area contributed by atoms with Gasteiger partial charge in [-0.05, 0) is 43.9 Å². The second kappa shape index (κ2) is 6.10. The van der Waals surface area contributed by atoms with Crippen LogP contribution in [-0.4, -0.2) is 36.8 Å². The average Bonchev–Trinajstić information content (AvgIpc) is 3.29. The number of nitrogens with one attached hydrogen (secondary N) is 1. The molecule has 20 heavy (non-hydrogen) atoms. The van der Waals surface area contributed by atoms with Crippen LogP contribution in [0.2, 0.25) is 0 Å². The van der Waals surface area contributed by atoms with Gasteiger partial charge in [0.2, 0.25) is 0 Å². The molecule has 0 spiro atoms. The van der Waals surface area contributed by atoms with Gasteiger partial charge in [-0.3, -0.25) is 0 Å². The van der Waals surface area contributed by atoms with E-state index >= 15 is 0 Å². The van der Waals surface area contributed by atoms with Crippen molar-refractivity contribution in [3.8, 4) is 0 Å². The van der Waals surface area contributed by atoms with Gasteiger partial charge in [-0.15, -0.1) is 0 Å². The molecule has 1 saturated carbocycles. The lowest BCUT2D eigenvalue weighted by Gasteiger charge is -2.32. The Balaban J connectivity index is 1.75. The lowest BCUT2D eigenvalue weighted by molar-refractivity contribution is 0.0529. The minimum Gasteiger partial charge on any atom is -0.375 e. The molecule has 4 nitrogen and oxygen atoms in total. The molecule has 1 aliphatic carbocycles. The number of hydrogen-bond donors (Lipinski definition) is 1. The maximum Gasteiger partial charge on any atom is 0.129 e. The molecule has 0 amide bonds. The van der Waals surface area contributed by atoms with E-state index in [-0.39, 0.29) is 0 Å². The average molecular weight is 275 g/mol. The van der Waals surface area contributed by atoms with Gasteiger partial charge in [0.25, 0.3) is 0 Å². The van der Waals surface area contributed by atoms with Gasteiger partial charge in [-0.25, -0.2) is 4.98 Å². The number of aromatic nitrogens is 1. The molecular formula is C16H25N3O. The monoisotopic (exact) mass is 275 g/mol. The molecule has 1 aromatic heterocycles. The lowest BCUT2D eigenvalue weighted by Crippen LogP contribution is -2.41. The lowest BCUT2D eigenvalue weighted by atomic mass is 10.1. The molecule has 1 saturated heterocycles. The van der Waals surface area contributed by atoms with Crippen molar-refractivity contribution in [3.63, 3.8) is 0 Å². The highest BCUT2D eigenvalue weighted by Gasteiger charge is 2.21. The van der Waals surface area contributed by atoms with Crippen molar-refractivity contribution in [3.05, 3.63) is 23.4 Å². The van der Waals surface area contributed by atoms with Crippen LogP contribution in [0.5, 0.6) is 0 Å². The number of anilines is 1. The molecule has 1 atom stereocenters. The Morgan fingerprint density at radius 1 is 1.40 bits per heavy atom. The molecule has 110 valence electrons. The van der Waals surface area contributed by atoms with E-state index in [0.717, 1.165) is 44.5 Å². The fraction of sp³-hybridized carbons (Fsp3) is 0.688. The highest BCUT2D eigenvalue weighted by Crippen LogP contribution is 2.22. The van der Waals surface area contributed by atoms with Gasteiger partial charge in [0.15, 0.2) is 0 Å². The molecule has 2 heterocycles. The first-order valence-electron chi connectivity index (χ1n) is 7.84. The summed E-state index contributed by atoms with van der Waals surface area (Å²) in [6.45, 7) is 7.95. The van der Waals surface area contributed by atoms with Crippen LogP contribution in [0.4, 0.5) is 5.82 Å². The molecule has 3 rings (SSSR count). The predicted molar refractivity (Wildman–Crippen MR) is 81.1 cm³/mol. The summed E-state index contributed by atoms with van der Waals surface area (Å²) in [5, 5.41) is 3.59. The molecule has 2 aliphatic rings. The number of morpholine rings is 1. The van der Waals surface area contributed by atoms with Gasteiger partial charge < -0.3 is 15.0 Å². The largest absolute Gasteiger partial charge is 0.375 e. The summed E-state index contributed by atoms with van der Waals surface area (Å²) in [4.78, 5) is 7.15. The molecule has 0 bridgehead atoms. The number of rotatable bonds is 5. The minimum atomic E-state index is 0.295. The van der Waals surface area contributed by atoms with Crippen LogP contribution >= 0.6 is 0 Å². The summed E-state index contributed by atoms with van der Waals surface area (Å²) < 4.78 is 5.62. The van der Waals surface area contributed by atoms with E-state index in [1.165, 1.54) is 24.1 Å². The second-order valence-electron chi connectivity index (χ2n) is 5.96. The van der Waals surface area contributed by atoms with E-state index in [1.807, 2.05) is 0 Å². The van der Waals surface area contributed by atoms with Crippen LogP contribution in [0, 0.1) is 0 Å². The topological polar surface area (TPSA) is 37.4 Å². The number of nitrogens with zero attached hydrogens (tertiary/aromatic N) is 2. The van der Waals surface area contributed by atoms with Gasteiger partial charge in [-0.2, -0.15) is 0 Å². The van der Waals surface area contributed by atoms with Crippen LogP contribution in [0.15, 0.2) is 12.1 Å². The standard InChI is InChI=1S/C16H25N3O/c1-3-14-8-13(10-17-15-4-5-15)9-16(18-14)19-6-7-20-12(2)11-19/h8-9,12,15,17H,3-7,10-11H2,1-2H3. The Kier molecular flexibility index (Phi) is 4.22. The van der Waals surface area contributed by atoms with Gasteiger partial charge in [0, 0.05) is 31.4 Å². The van der Waals surface area contributed by atoms with Crippen molar-refractivity contribution >= 4 is 5.82 Å². The van der Waals surface area contributed by atoms with Crippen molar-refractivity contribution in [2.75, 3.05) is 24.6 Å². The van der Waals surface area contributed by atoms with E-state index < -0.39 is 0 Å². The normalized spacial score (nSPS) is 23.1. The second-order valence-corrected chi connectivity index (χ2v) is 5.96. The Hall–Kier alpha value is -1.13. The zero-order valence-electron chi connectivity index (χ0n) is 12.6. The zero-order chi connectivity index (χ0) is 13.9. The molecule has 0 radical (unpaired) electrons. The van der Waals surface area contributed by atoms with Gasteiger partial charge >= 0.3 is 0 Å². The fourth-order valence-electron chi connectivity index (χ4n) is 2.65. The molecule has 0 aromatic carbocycles. The van der Waals surface area contributed by atoms with Gasteiger partial charge in [0.05, 0.1) is 12.7 Å². The number of pyridine rings is 1. The van der Waals surface area contributed by atoms with Crippen molar-refractivity contribution in [2.45, 2.75) is 51.8 Å². The van der Waals surface area contributed by atoms with Crippen LogP contribution in [0.1, 0.15) is 37.9 Å². The SMILES string of the molecule is CCc1cc(CNC2CC2)cc(N2CCOC(C)C2)n1. The highest BCUT2D eigenvalue weighted by atomic mass is 16.5. The first-order valence-corrected chi connectivity index (χ1v) is 7.84. The molecule has 1 aliphatic heterocycles. The van der Waals surface area contributed by atoms with E-state index in [4.69, 9.17) is 9.72 Å². The molecular weight excluding hydrogens is 250 g/mol. The smallest absolute Gasteiger partial charge is 0.129 e. The molecule has 1 unspecified atom stereocenters. The molecule has 1 aromatic rings. The van der Waals surface area contributed by atoms with E-state index in [1.54, 1.807) is 0 Å². The summed E-state index contributed by atoms with van der Waals surface area (Å²) in [7, 11) is 0. The van der Waals surface area contributed by atoms with Gasteiger partial charge in [0.1, 0.15) is 5.82 Å². The number of hydrogen-bond acceptors (Lipinski definition) is 4. The number of ether oxygens (including phenoxy) is 1. The third kappa shape index (κ3) is 3.49. The van der Waals surface area contributed by atoms with E-state index in [0.29, 0.717) is 6.10 Å². The summed E-state index contributed by atoms with van der Waals surface area (Å²) in [5.41, 5.74) is 2.55. The maximum absolute atomic E-state index is 5.62. The fourth-order valence-corrected chi connectivity index (χ4v) is 2.65. The van der Waals surface area contributed by atoms with Crippen LogP contribution < -0.4 is 10.2 Å². The summed E-state index contributed by atoms with van der Waals surface area (Å²) in [6, 6.07) is 5.23. The Morgan fingerprint density at radius 3 is 2.95 bits per heavy atom. The predicted octanol–water partition coefficient (Wildman–Crippen LogP) is 2.12. The third-order valence-corrected chi connectivity index (χ3v) is 4.02. The molecule has 2 fully saturated rings. The van der Waals surface area contributed by atoms with Crippen molar-refractivity contribution < 1.29 is 4.74 Å². The zero-order valence-corrected chi connectivity index (χ0v) is 12.6. The van der Waals surface area contributed by atoms with Crippen molar-refractivity contribution in [2.24, 2.45) is 0 Å². The first kappa shape index (κ1) is 13.8. The van der Waals surface area contributed by atoms with Gasteiger partial charge in [-0.1, -0.05) is 6.92 Å². The van der Waals surface area contributed by atoms with E-state index in [9.17, 15) is 0 Å². The van der Waals surface area contributed by atoms with Crippen LogP contribution in [0.25, 0.3) is 0 Å². The number of aryl methyl sites for hydroxylation is 1.